The van der Waals surface area contributed by atoms with Gasteiger partial charge in [0.05, 0.1) is 10.1 Å². The highest BCUT2D eigenvalue weighted by atomic mass is 32.1. The van der Waals surface area contributed by atoms with Gasteiger partial charge in [-0.1, -0.05) is 29.8 Å². The van der Waals surface area contributed by atoms with Crippen molar-refractivity contribution in [2.75, 3.05) is 32.7 Å². The van der Waals surface area contributed by atoms with E-state index in [4.69, 9.17) is 9.47 Å². The number of hydrogen-bond donors (Lipinski definition) is 1. The van der Waals surface area contributed by atoms with Gasteiger partial charge in [0.2, 0.25) is 0 Å². The number of likely N-dealkylation sites (N-methyl/N-ethyl adjacent to an activating group) is 1. The Morgan fingerprint density at radius 3 is 2.85 bits per heavy atom. The highest BCUT2D eigenvalue weighted by Gasteiger charge is 2.27. The summed E-state index contributed by atoms with van der Waals surface area (Å²) in [6.07, 6.45) is 1.45. The summed E-state index contributed by atoms with van der Waals surface area (Å²) >= 11 is 1.33. The van der Waals surface area contributed by atoms with E-state index >= 15 is 0 Å². The number of amides is 1. The molecule has 2 aromatic carbocycles. The van der Waals surface area contributed by atoms with Gasteiger partial charge < -0.3 is 19.7 Å². The molecule has 33 heavy (non-hydrogen) atoms. The Hall–Kier alpha value is -3.20. The van der Waals surface area contributed by atoms with E-state index in [-0.39, 0.29) is 18.3 Å². The Bertz CT molecular complexity index is 1420. The molecule has 5 rings (SSSR count). The topological polar surface area (TPSA) is 72.8 Å². The predicted molar refractivity (Wildman–Crippen MR) is 129 cm³/mol. The first-order chi connectivity index (χ1) is 15.9. The minimum absolute atomic E-state index is 0.120. The van der Waals surface area contributed by atoms with Gasteiger partial charge in [-0.15, -0.1) is 11.3 Å². The number of thiazole rings is 1. The highest BCUT2D eigenvalue weighted by molar-refractivity contribution is 7.07. The maximum Gasteiger partial charge on any atom is 0.268 e. The molecule has 0 spiro atoms. The van der Waals surface area contributed by atoms with Gasteiger partial charge in [-0.2, -0.15) is 0 Å². The molecule has 3 heterocycles. The van der Waals surface area contributed by atoms with Crippen LogP contribution >= 0.6 is 11.3 Å². The van der Waals surface area contributed by atoms with Crippen molar-refractivity contribution in [3.8, 4) is 5.75 Å². The molecule has 2 aliphatic heterocycles. The van der Waals surface area contributed by atoms with Crippen LogP contribution in [-0.2, 0) is 16.1 Å². The molecule has 0 fully saturated rings. The van der Waals surface area contributed by atoms with Gasteiger partial charge in [0.1, 0.15) is 16.5 Å². The lowest BCUT2D eigenvalue weighted by Crippen LogP contribution is -2.36. The molecule has 0 bridgehead atoms. The number of benzene rings is 2. The van der Waals surface area contributed by atoms with Gasteiger partial charge in [0, 0.05) is 29.9 Å². The predicted octanol–water partition coefficient (Wildman–Crippen LogP) is 1.82. The molecule has 3 aromatic rings. The standard InChI is InChI=1S/C25H25N3O4S/c1-15-8-9-18-17(12-15)22(23(29)26-18)25-28(11-10-27(2)3)24(30)21(33-25)13-20-16-6-4-5-7-19(16)31-14-32-20/h4-9,12-13,20H,10-11,14H2,1-3H3,(H,26,29)/b21-13+,25-22+. The molecule has 1 amide bonds. The summed E-state index contributed by atoms with van der Waals surface area (Å²) in [6, 6.07) is 13.5. The van der Waals surface area contributed by atoms with E-state index in [0.717, 1.165) is 28.1 Å². The smallest absolute Gasteiger partial charge is 0.268 e. The van der Waals surface area contributed by atoms with Crippen LogP contribution in [0.25, 0.3) is 11.6 Å². The van der Waals surface area contributed by atoms with Crippen LogP contribution in [0.1, 0.15) is 22.8 Å². The van der Waals surface area contributed by atoms with Crippen LogP contribution in [0.3, 0.4) is 0 Å². The molecule has 0 aliphatic carbocycles. The fraction of sp³-hybridized carbons (Fsp3) is 0.280. The van der Waals surface area contributed by atoms with E-state index in [2.05, 4.69) is 5.32 Å². The molecule has 0 radical (unpaired) electrons. The maximum atomic E-state index is 13.5. The van der Waals surface area contributed by atoms with E-state index in [1.54, 1.807) is 4.57 Å². The van der Waals surface area contributed by atoms with Crippen molar-refractivity contribution < 1.29 is 14.3 Å². The molecular formula is C25H25N3O4S. The Morgan fingerprint density at radius 2 is 2.03 bits per heavy atom. The fourth-order valence-electron chi connectivity index (χ4n) is 4.10. The first-order valence-corrected chi connectivity index (χ1v) is 11.6. The lowest BCUT2D eigenvalue weighted by molar-refractivity contribution is -0.110. The summed E-state index contributed by atoms with van der Waals surface area (Å²) < 4.78 is 14.3. The zero-order valence-electron chi connectivity index (χ0n) is 18.8. The van der Waals surface area contributed by atoms with Gasteiger partial charge in [-0.05, 0) is 45.3 Å². The monoisotopic (exact) mass is 463 g/mol. The minimum atomic E-state index is -0.395. The van der Waals surface area contributed by atoms with Gasteiger partial charge in [0.25, 0.3) is 11.5 Å². The SMILES string of the molecule is Cc1ccc2c(c1)/C(=c1\s/c(=C/C3OCOc4ccccc43)c(=O)n1CCN(C)C)C(=O)N2. The molecule has 1 atom stereocenters. The average Bonchev–Trinajstić information content (AvgIpc) is 3.27. The van der Waals surface area contributed by atoms with Crippen molar-refractivity contribution in [3.63, 3.8) is 0 Å². The average molecular weight is 464 g/mol. The second-order valence-electron chi connectivity index (χ2n) is 8.46. The van der Waals surface area contributed by atoms with Crippen molar-refractivity contribution >= 4 is 34.6 Å². The number of fused-ring (bicyclic) bond motifs is 2. The van der Waals surface area contributed by atoms with Gasteiger partial charge in [-0.25, -0.2) is 0 Å². The molecule has 1 aromatic heterocycles. The summed E-state index contributed by atoms with van der Waals surface area (Å²) in [5.74, 6) is 0.568. The lowest BCUT2D eigenvalue weighted by Gasteiger charge is -2.23. The van der Waals surface area contributed by atoms with Crippen molar-refractivity contribution in [3.05, 3.63) is 78.7 Å². The normalized spacial score (nSPS) is 19.3. The quantitative estimate of drug-likeness (QED) is 0.639. The Kier molecular flexibility index (Phi) is 5.65. The Morgan fingerprint density at radius 1 is 1.21 bits per heavy atom. The minimum Gasteiger partial charge on any atom is -0.467 e. The second kappa shape index (κ2) is 8.62. The largest absolute Gasteiger partial charge is 0.467 e. The number of nitrogens with zero attached hydrogens (tertiary/aromatic N) is 2. The maximum absolute atomic E-state index is 13.5. The number of carbonyl (C=O) groups excluding carboxylic acids is 1. The van der Waals surface area contributed by atoms with Gasteiger partial charge in [-0.3, -0.25) is 14.2 Å². The third-order valence-electron chi connectivity index (χ3n) is 5.80. The summed E-state index contributed by atoms with van der Waals surface area (Å²) in [5.41, 5.74) is 3.96. The lowest BCUT2D eigenvalue weighted by atomic mass is 10.1. The number of rotatable bonds is 4. The van der Waals surface area contributed by atoms with E-state index in [9.17, 15) is 9.59 Å². The van der Waals surface area contributed by atoms with Gasteiger partial charge in [0.15, 0.2) is 6.79 Å². The van der Waals surface area contributed by atoms with E-state index in [0.29, 0.717) is 27.9 Å². The summed E-state index contributed by atoms with van der Waals surface area (Å²) in [7, 11) is 3.93. The fourth-order valence-corrected chi connectivity index (χ4v) is 5.29. The summed E-state index contributed by atoms with van der Waals surface area (Å²) in [6.45, 7) is 3.27. The molecule has 7 nitrogen and oxygen atoms in total. The molecular weight excluding hydrogens is 438 g/mol. The number of hydrogen-bond acceptors (Lipinski definition) is 6. The zero-order valence-corrected chi connectivity index (χ0v) is 19.6. The number of nitrogens with one attached hydrogen (secondary N) is 1. The van der Waals surface area contributed by atoms with E-state index < -0.39 is 6.10 Å². The van der Waals surface area contributed by atoms with Crippen molar-refractivity contribution in [1.29, 1.82) is 0 Å². The number of para-hydroxylation sites is 1. The van der Waals surface area contributed by atoms with Crippen LogP contribution in [0.4, 0.5) is 5.69 Å². The number of carbonyl (C=O) groups is 1. The first-order valence-electron chi connectivity index (χ1n) is 10.8. The highest BCUT2D eigenvalue weighted by Crippen LogP contribution is 2.33. The molecule has 170 valence electrons. The first kappa shape index (κ1) is 21.6. The summed E-state index contributed by atoms with van der Waals surface area (Å²) in [4.78, 5) is 28.5. The van der Waals surface area contributed by atoms with Crippen LogP contribution in [0.5, 0.6) is 5.75 Å². The third kappa shape index (κ3) is 4.01. The summed E-state index contributed by atoms with van der Waals surface area (Å²) in [5, 5.41) is 2.94. The van der Waals surface area contributed by atoms with Crippen molar-refractivity contribution in [2.24, 2.45) is 0 Å². The Labute approximate surface area is 195 Å². The van der Waals surface area contributed by atoms with Crippen LogP contribution in [0, 0.1) is 6.92 Å². The number of anilines is 1. The van der Waals surface area contributed by atoms with Gasteiger partial charge >= 0.3 is 0 Å². The van der Waals surface area contributed by atoms with Crippen molar-refractivity contribution in [1.82, 2.24) is 9.47 Å². The number of aryl methyl sites for hydroxylation is 1. The number of ether oxygens (including phenoxy) is 2. The van der Waals surface area contributed by atoms with Crippen LogP contribution in [0.15, 0.2) is 47.3 Å². The Balaban J connectivity index is 1.73. The van der Waals surface area contributed by atoms with Crippen LogP contribution in [-0.4, -0.2) is 42.8 Å². The number of aromatic nitrogens is 1. The van der Waals surface area contributed by atoms with Crippen LogP contribution < -0.4 is 24.8 Å². The molecule has 8 heteroatoms. The third-order valence-corrected chi connectivity index (χ3v) is 6.95. The zero-order chi connectivity index (χ0) is 23.1. The molecule has 0 saturated heterocycles. The molecule has 2 aliphatic rings. The van der Waals surface area contributed by atoms with Crippen molar-refractivity contribution in [2.45, 2.75) is 19.6 Å². The molecule has 1 N–H and O–H groups in total. The van der Waals surface area contributed by atoms with E-state index in [1.807, 2.05) is 74.5 Å². The second-order valence-corrected chi connectivity index (χ2v) is 9.49. The molecule has 0 saturated carbocycles. The molecule has 1 unspecified atom stereocenters. The van der Waals surface area contributed by atoms with E-state index in [1.165, 1.54) is 11.3 Å². The van der Waals surface area contributed by atoms with Crippen LogP contribution in [0.2, 0.25) is 0 Å².